The van der Waals surface area contributed by atoms with Crippen LogP contribution in [0.25, 0.3) is 10.9 Å². The van der Waals surface area contributed by atoms with Gasteiger partial charge in [0.05, 0.1) is 0 Å². The minimum Gasteiger partial charge on any atom is -0.457 e. The fraction of sp³-hybridized carbons (Fsp3) is 0.320. The fourth-order valence-corrected chi connectivity index (χ4v) is 4.85. The average molecular weight is 515 g/mol. The third kappa shape index (κ3) is 4.48. The van der Waals surface area contributed by atoms with Gasteiger partial charge in [-0.15, -0.1) is 0 Å². The molecule has 0 saturated carbocycles. The minimum atomic E-state index is -4.43. The highest BCUT2D eigenvalue weighted by molar-refractivity contribution is 6.01. The van der Waals surface area contributed by atoms with Crippen molar-refractivity contribution in [2.24, 2.45) is 0 Å². The summed E-state index contributed by atoms with van der Waals surface area (Å²) < 4.78 is 51.7. The predicted molar refractivity (Wildman–Crippen MR) is 129 cm³/mol. The number of fused-ring (bicyclic) bond motifs is 3. The maximum Gasteiger partial charge on any atom is 0.439 e. The number of halogens is 3. The summed E-state index contributed by atoms with van der Waals surface area (Å²) in [5.41, 5.74) is 2.68. The van der Waals surface area contributed by atoms with Crippen LogP contribution >= 0.6 is 0 Å². The molecule has 0 aliphatic carbocycles. The first kappa shape index (κ1) is 24.6. The Morgan fingerprint density at radius 3 is 2.49 bits per heavy atom. The van der Waals surface area contributed by atoms with Gasteiger partial charge in [0.1, 0.15) is 17.5 Å². The number of aryl methyl sites for hydroxylation is 2. The van der Waals surface area contributed by atoms with Gasteiger partial charge >= 0.3 is 11.9 Å². The highest BCUT2D eigenvalue weighted by Crippen LogP contribution is 2.45. The van der Waals surface area contributed by atoms with Gasteiger partial charge < -0.3 is 20.4 Å². The number of alkyl halides is 3. The van der Waals surface area contributed by atoms with Crippen molar-refractivity contribution >= 4 is 22.5 Å². The number of aromatic amines is 2. The summed E-state index contributed by atoms with van der Waals surface area (Å²) in [5, 5.41) is 9.29. The predicted octanol–water partition coefficient (Wildman–Crippen LogP) is 4.99. The smallest absolute Gasteiger partial charge is 0.439 e. The molecule has 3 heterocycles. The molecule has 1 unspecified atom stereocenters. The third-order valence-electron chi connectivity index (χ3n) is 6.43. The van der Waals surface area contributed by atoms with Gasteiger partial charge in [0, 0.05) is 34.2 Å². The number of nitrogens with one attached hydrogen (secondary N) is 4. The summed E-state index contributed by atoms with van der Waals surface area (Å²) in [4.78, 5) is 28.5. The maximum absolute atomic E-state index is 13.7. The number of carbonyl (C=O) groups is 1. The molecule has 194 valence electrons. The quantitative estimate of drug-likeness (QED) is 0.304. The van der Waals surface area contributed by atoms with Crippen LogP contribution in [-0.2, 0) is 5.41 Å². The van der Waals surface area contributed by atoms with E-state index in [4.69, 9.17) is 4.74 Å². The molecule has 1 atom stereocenters. The lowest BCUT2D eigenvalue weighted by Crippen LogP contribution is -2.46. The molecule has 1 aliphatic rings. The molecule has 0 radical (unpaired) electrons. The molecule has 4 N–H and O–H groups in total. The van der Waals surface area contributed by atoms with E-state index in [1.54, 1.807) is 44.2 Å². The summed E-state index contributed by atoms with van der Waals surface area (Å²) in [6, 6.07) is 6.78. The Bertz CT molecular complexity index is 1560. The van der Waals surface area contributed by atoms with E-state index in [2.05, 4.69) is 30.3 Å². The summed E-state index contributed by atoms with van der Waals surface area (Å²) in [6.45, 7) is 7.59. The first-order valence-corrected chi connectivity index (χ1v) is 11.5. The van der Waals surface area contributed by atoms with Crippen LogP contribution in [0.15, 0.2) is 39.6 Å². The largest absolute Gasteiger partial charge is 0.457 e. The van der Waals surface area contributed by atoms with Crippen molar-refractivity contribution < 1.29 is 27.2 Å². The van der Waals surface area contributed by atoms with Crippen molar-refractivity contribution in [3.8, 4) is 11.5 Å². The number of hydrogen-bond donors (Lipinski definition) is 4. The Kier molecular flexibility index (Phi) is 5.66. The van der Waals surface area contributed by atoms with Gasteiger partial charge in [-0.25, -0.2) is 4.79 Å². The van der Waals surface area contributed by atoms with Crippen LogP contribution in [0, 0.1) is 13.8 Å². The third-order valence-corrected chi connectivity index (χ3v) is 6.43. The van der Waals surface area contributed by atoms with Crippen molar-refractivity contribution in [3.63, 3.8) is 0 Å². The highest BCUT2D eigenvalue weighted by Gasteiger charge is 2.48. The van der Waals surface area contributed by atoms with Crippen molar-refractivity contribution in [1.29, 1.82) is 0 Å². The summed E-state index contributed by atoms with van der Waals surface area (Å²) >= 11 is 0. The molecule has 0 fully saturated rings. The van der Waals surface area contributed by atoms with E-state index >= 15 is 0 Å². The molecule has 0 bridgehead atoms. The standard InChI is InChI=1S/C25H24F3N5O4/c1-11-7-13(30-22(34)21-32-23(35)37-33-21)8-12(2)19(11)36-14-5-6-16-15(9-14)17-18(31-16)20(25(26,27)28)29-10-24(17,3)4/h5-9,20,29,31H,10H2,1-4H3,(H,30,34)(H,32,33,35). The molecular weight excluding hydrogens is 491 g/mol. The topological polar surface area (TPSA) is 125 Å². The van der Waals surface area contributed by atoms with Crippen molar-refractivity contribution in [2.75, 3.05) is 11.9 Å². The Morgan fingerprint density at radius 2 is 1.86 bits per heavy atom. The van der Waals surface area contributed by atoms with Crippen LogP contribution in [0.4, 0.5) is 18.9 Å². The second kappa shape index (κ2) is 8.51. The summed E-state index contributed by atoms with van der Waals surface area (Å²) in [5.74, 6) is -0.721. The molecule has 1 amide bonds. The first-order valence-electron chi connectivity index (χ1n) is 11.5. The number of ether oxygens (including phenoxy) is 1. The first-order chi connectivity index (χ1) is 17.3. The molecule has 12 heteroatoms. The average Bonchev–Trinajstić information content (AvgIpc) is 3.39. The second-order valence-electron chi connectivity index (χ2n) is 9.80. The van der Waals surface area contributed by atoms with E-state index < -0.39 is 29.3 Å². The fourth-order valence-electron chi connectivity index (χ4n) is 4.85. The number of amides is 1. The van der Waals surface area contributed by atoms with Crippen LogP contribution in [-0.4, -0.2) is 33.8 Å². The molecular formula is C25H24F3N5O4. The van der Waals surface area contributed by atoms with Crippen molar-refractivity contribution in [2.45, 2.75) is 45.3 Å². The summed E-state index contributed by atoms with van der Waals surface area (Å²) in [7, 11) is 0. The van der Waals surface area contributed by atoms with E-state index in [0.29, 0.717) is 44.8 Å². The zero-order chi connectivity index (χ0) is 26.7. The van der Waals surface area contributed by atoms with E-state index in [9.17, 15) is 22.8 Å². The zero-order valence-corrected chi connectivity index (χ0v) is 20.4. The number of rotatable bonds is 4. The number of nitrogens with zero attached hydrogens (tertiary/aromatic N) is 1. The maximum atomic E-state index is 13.7. The molecule has 0 spiro atoms. The molecule has 9 nitrogen and oxygen atoms in total. The lowest BCUT2D eigenvalue weighted by Gasteiger charge is -2.36. The molecule has 5 rings (SSSR count). The van der Waals surface area contributed by atoms with E-state index in [1.165, 1.54) is 0 Å². The second-order valence-corrected chi connectivity index (χ2v) is 9.80. The minimum absolute atomic E-state index is 0.122. The van der Waals surface area contributed by atoms with Crippen LogP contribution in [0.1, 0.15) is 52.9 Å². The number of carbonyl (C=O) groups excluding carboxylic acids is 1. The van der Waals surface area contributed by atoms with Crippen LogP contribution in [0.2, 0.25) is 0 Å². The van der Waals surface area contributed by atoms with Crippen LogP contribution in [0.5, 0.6) is 11.5 Å². The number of hydrogen-bond acceptors (Lipinski definition) is 6. The molecule has 0 saturated heterocycles. The van der Waals surface area contributed by atoms with Crippen LogP contribution in [0.3, 0.4) is 0 Å². The zero-order valence-electron chi connectivity index (χ0n) is 20.4. The van der Waals surface area contributed by atoms with Gasteiger partial charge in [-0.3, -0.25) is 14.3 Å². The van der Waals surface area contributed by atoms with Gasteiger partial charge in [-0.05, 0) is 66.0 Å². The SMILES string of the molecule is Cc1cc(NC(=O)c2noc(=O)[nH]2)cc(C)c1Oc1ccc2[nH]c3c(c2c1)C(C)(C)CNC3C(F)(F)F. The van der Waals surface area contributed by atoms with Gasteiger partial charge in [0.2, 0.25) is 5.82 Å². The highest BCUT2D eigenvalue weighted by atomic mass is 19.4. The Hall–Kier alpha value is -4.06. The molecule has 1 aliphatic heterocycles. The number of anilines is 1. The Labute approximate surface area is 208 Å². The van der Waals surface area contributed by atoms with E-state index in [1.807, 2.05) is 13.8 Å². The van der Waals surface area contributed by atoms with Gasteiger partial charge in [-0.2, -0.15) is 13.2 Å². The lowest BCUT2D eigenvalue weighted by atomic mass is 9.78. The van der Waals surface area contributed by atoms with Gasteiger partial charge in [0.15, 0.2) is 0 Å². The monoisotopic (exact) mass is 515 g/mol. The molecule has 2 aromatic carbocycles. The number of benzene rings is 2. The van der Waals surface area contributed by atoms with Crippen molar-refractivity contribution in [1.82, 2.24) is 20.4 Å². The van der Waals surface area contributed by atoms with E-state index in [0.717, 1.165) is 0 Å². The van der Waals surface area contributed by atoms with Crippen LogP contribution < -0.4 is 21.1 Å². The van der Waals surface area contributed by atoms with E-state index in [-0.39, 0.29) is 18.1 Å². The van der Waals surface area contributed by atoms with Crippen molar-refractivity contribution in [3.05, 3.63) is 69.1 Å². The Balaban J connectivity index is 1.46. The van der Waals surface area contributed by atoms with Gasteiger partial charge in [-0.1, -0.05) is 13.8 Å². The normalized spacial score (nSPS) is 17.0. The molecule has 2 aromatic heterocycles. The molecule has 37 heavy (non-hydrogen) atoms. The molecule has 4 aromatic rings. The summed E-state index contributed by atoms with van der Waals surface area (Å²) in [6.07, 6.45) is -4.43. The number of H-pyrrole nitrogens is 2. The Morgan fingerprint density at radius 1 is 1.16 bits per heavy atom. The lowest BCUT2D eigenvalue weighted by molar-refractivity contribution is -0.160. The van der Waals surface area contributed by atoms with Gasteiger partial charge in [0.25, 0.3) is 5.91 Å². The number of aromatic nitrogens is 3.